The maximum atomic E-state index is 10.4. The molecule has 0 amide bonds. The van der Waals surface area contributed by atoms with Crippen LogP contribution in [0.2, 0.25) is 0 Å². The molecule has 1 fully saturated rings. The van der Waals surface area contributed by atoms with Crippen LogP contribution in [0, 0.1) is 0 Å². The van der Waals surface area contributed by atoms with Gasteiger partial charge in [-0.15, -0.1) is 0 Å². The fraction of sp³-hybridized carbons (Fsp3) is 1.00. The van der Waals surface area contributed by atoms with Gasteiger partial charge >= 0.3 is 39.7 Å². The van der Waals surface area contributed by atoms with Crippen molar-refractivity contribution in [1.82, 2.24) is 0 Å². The molecular formula is C6H13LiO8S2. The van der Waals surface area contributed by atoms with Crippen LogP contribution in [0.1, 0.15) is 25.7 Å². The van der Waals surface area contributed by atoms with Crippen molar-refractivity contribution in [3.05, 3.63) is 0 Å². The topological polar surface area (TPSA) is 127 Å². The van der Waals surface area contributed by atoms with Crippen LogP contribution in [0.5, 0.6) is 0 Å². The van der Waals surface area contributed by atoms with Crippen LogP contribution in [-0.2, 0) is 29.2 Å². The SMILES string of the molecule is O=S(=O)(O)OC1CCC(OS(=O)(=O)O)CC1.[LiH]. The van der Waals surface area contributed by atoms with Gasteiger partial charge in [-0.05, 0) is 25.7 Å². The van der Waals surface area contributed by atoms with E-state index < -0.39 is 33.0 Å². The van der Waals surface area contributed by atoms with Gasteiger partial charge in [0.25, 0.3) is 0 Å². The molecule has 0 radical (unpaired) electrons. The second-order valence-electron chi connectivity index (χ2n) is 3.45. The first-order chi connectivity index (χ1) is 7.16. The predicted octanol–water partition coefficient (Wildman–Crippen LogP) is -0.712. The van der Waals surface area contributed by atoms with E-state index in [0.29, 0.717) is 0 Å². The molecule has 98 valence electrons. The molecule has 8 nitrogen and oxygen atoms in total. The Hall–Kier alpha value is 0.337. The summed E-state index contributed by atoms with van der Waals surface area (Å²) in [6, 6.07) is 0. The Labute approximate surface area is 112 Å². The average Bonchev–Trinajstić information content (AvgIpc) is 2.03. The predicted molar refractivity (Wildman–Crippen MR) is 58.5 cm³/mol. The van der Waals surface area contributed by atoms with Crippen LogP contribution in [0.25, 0.3) is 0 Å². The third-order valence-corrected chi connectivity index (χ3v) is 3.17. The van der Waals surface area contributed by atoms with Crippen molar-refractivity contribution in [2.45, 2.75) is 37.9 Å². The van der Waals surface area contributed by atoms with Crippen LogP contribution >= 0.6 is 0 Å². The molecule has 0 bridgehead atoms. The zero-order valence-corrected chi connectivity index (χ0v) is 9.78. The normalized spacial score (nSPS) is 26.2. The standard InChI is InChI=1S/C6H12O8S2.Li.H/c7-15(8,9)13-5-1-2-6(4-3-5)14-16(10,11)12;;/h5-6H,1-4H2,(H,7,8,9)(H,10,11,12);;. The Morgan fingerprint density at radius 1 is 0.765 bits per heavy atom. The third kappa shape index (κ3) is 8.12. The molecule has 0 aromatic carbocycles. The zero-order chi connectivity index (χ0) is 12.4. The van der Waals surface area contributed by atoms with Crippen LogP contribution in [0.4, 0.5) is 0 Å². The molecule has 2 N–H and O–H groups in total. The molecule has 1 aliphatic rings. The van der Waals surface area contributed by atoms with Crippen molar-refractivity contribution in [3.63, 3.8) is 0 Å². The second-order valence-corrected chi connectivity index (χ2v) is 5.54. The Kier molecular flexibility index (Phi) is 6.62. The van der Waals surface area contributed by atoms with Crippen LogP contribution in [0.15, 0.2) is 0 Å². The van der Waals surface area contributed by atoms with E-state index in [2.05, 4.69) is 8.37 Å². The van der Waals surface area contributed by atoms with Crippen molar-refractivity contribution in [3.8, 4) is 0 Å². The van der Waals surface area contributed by atoms with E-state index in [0.717, 1.165) is 0 Å². The maximum absolute atomic E-state index is 10.4. The molecule has 1 aliphatic carbocycles. The first-order valence-corrected chi connectivity index (χ1v) is 7.20. The summed E-state index contributed by atoms with van der Waals surface area (Å²) in [5, 5.41) is 0. The van der Waals surface area contributed by atoms with Gasteiger partial charge in [-0.3, -0.25) is 9.11 Å². The van der Waals surface area contributed by atoms with Gasteiger partial charge in [0.2, 0.25) is 0 Å². The summed E-state index contributed by atoms with van der Waals surface area (Å²) in [6.45, 7) is 0. The average molecular weight is 284 g/mol. The van der Waals surface area contributed by atoms with E-state index in [1.165, 1.54) is 0 Å². The zero-order valence-electron chi connectivity index (χ0n) is 8.14. The number of rotatable bonds is 4. The van der Waals surface area contributed by atoms with Gasteiger partial charge in [0.05, 0.1) is 12.2 Å². The molecule has 11 heteroatoms. The van der Waals surface area contributed by atoms with Crippen LogP contribution in [-0.4, -0.2) is 57.0 Å². The van der Waals surface area contributed by atoms with Crippen molar-refractivity contribution in [1.29, 1.82) is 0 Å². The van der Waals surface area contributed by atoms with Crippen molar-refractivity contribution in [2.75, 3.05) is 0 Å². The van der Waals surface area contributed by atoms with Gasteiger partial charge in [0.15, 0.2) is 0 Å². The molecule has 0 aromatic rings. The molecule has 1 rings (SSSR count). The minimum absolute atomic E-state index is 0. The molecule has 0 spiro atoms. The van der Waals surface area contributed by atoms with Gasteiger partial charge in [-0.25, -0.2) is 8.37 Å². The molecule has 0 aliphatic heterocycles. The first kappa shape index (κ1) is 17.3. The first-order valence-electron chi connectivity index (χ1n) is 4.47. The summed E-state index contributed by atoms with van der Waals surface area (Å²) in [4.78, 5) is 0. The quantitative estimate of drug-likeness (QED) is 0.512. The van der Waals surface area contributed by atoms with Crippen LogP contribution in [0.3, 0.4) is 0 Å². The molecule has 0 aromatic heterocycles. The molecule has 17 heavy (non-hydrogen) atoms. The van der Waals surface area contributed by atoms with Crippen molar-refractivity contribution >= 4 is 39.7 Å². The van der Waals surface area contributed by atoms with E-state index in [-0.39, 0.29) is 44.5 Å². The Morgan fingerprint density at radius 2 is 1.00 bits per heavy atom. The van der Waals surface area contributed by atoms with E-state index in [1.54, 1.807) is 0 Å². The molecular weight excluding hydrogens is 271 g/mol. The van der Waals surface area contributed by atoms with E-state index >= 15 is 0 Å². The van der Waals surface area contributed by atoms with Gasteiger partial charge in [-0.1, -0.05) is 0 Å². The van der Waals surface area contributed by atoms with Crippen molar-refractivity contribution in [2.24, 2.45) is 0 Å². The third-order valence-electron chi connectivity index (χ3n) is 2.14. The molecule has 0 saturated heterocycles. The monoisotopic (exact) mass is 284 g/mol. The summed E-state index contributed by atoms with van der Waals surface area (Å²) in [6.07, 6.45) is -0.479. The van der Waals surface area contributed by atoms with E-state index in [4.69, 9.17) is 9.11 Å². The number of hydrogen-bond donors (Lipinski definition) is 2. The second kappa shape index (κ2) is 6.49. The van der Waals surface area contributed by atoms with Crippen molar-refractivity contribution < 1.29 is 34.3 Å². The molecule has 0 atom stereocenters. The summed E-state index contributed by atoms with van der Waals surface area (Å²) in [7, 11) is -8.97. The van der Waals surface area contributed by atoms with E-state index in [1.807, 2.05) is 0 Å². The van der Waals surface area contributed by atoms with Gasteiger partial charge in [0.1, 0.15) is 0 Å². The molecule has 1 saturated carbocycles. The molecule has 0 unspecified atom stereocenters. The number of hydrogen-bond acceptors (Lipinski definition) is 6. The fourth-order valence-electron chi connectivity index (χ4n) is 1.57. The summed E-state index contributed by atoms with van der Waals surface area (Å²) in [5.74, 6) is 0. The molecule has 0 heterocycles. The summed E-state index contributed by atoms with van der Waals surface area (Å²) >= 11 is 0. The summed E-state index contributed by atoms with van der Waals surface area (Å²) < 4.78 is 66.9. The Bertz CT molecular complexity index is 379. The van der Waals surface area contributed by atoms with Gasteiger partial charge in [0, 0.05) is 0 Å². The fourth-order valence-corrected chi connectivity index (χ4v) is 2.64. The van der Waals surface area contributed by atoms with E-state index in [9.17, 15) is 16.8 Å². The van der Waals surface area contributed by atoms with Gasteiger partial charge < -0.3 is 0 Å². The van der Waals surface area contributed by atoms with Crippen LogP contribution < -0.4 is 0 Å². The Balaban J connectivity index is 0.00000256. The van der Waals surface area contributed by atoms with Gasteiger partial charge in [-0.2, -0.15) is 16.8 Å². The minimum atomic E-state index is -4.48. The Morgan fingerprint density at radius 3 is 1.18 bits per heavy atom. The summed E-state index contributed by atoms with van der Waals surface area (Å²) in [5.41, 5.74) is 0.